The Morgan fingerprint density at radius 3 is 2.82 bits per heavy atom. The Balaban J connectivity index is 0.000000764. The minimum absolute atomic E-state index is 0.0295. The summed E-state index contributed by atoms with van der Waals surface area (Å²) in [4.78, 5) is 4.52. The standard InChI is InChI=1S/C23H20FN5O2.C2H2O/c1-2-18-14(4-3-7-25-18)15-8-20-23(29-12-27-28-22(15)29)26-9-16-17(24)5-6-19-21(16)13(10-30-19)11-31-20;1-2-3/h3-8,12-13,26H,2,9-11H2,1H3;1,3H/t13-;/m1./s1. The van der Waals surface area contributed by atoms with Crippen molar-refractivity contribution in [2.45, 2.75) is 25.8 Å². The second-order valence-electron chi connectivity index (χ2n) is 7.89. The average Bonchev–Trinajstić information content (AvgIpc) is 3.51. The Hall–Kier alpha value is -4.32. The summed E-state index contributed by atoms with van der Waals surface area (Å²) in [5.41, 5.74) is 5.07. The number of terminal acetylenes is 1. The van der Waals surface area contributed by atoms with E-state index >= 15 is 0 Å². The van der Waals surface area contributed by atoms with Gasteiger partial charge in [-0.05, 0) is 30.7 Å². The third-order valence-electron chi connectivity index (χ3n) is 6.03. The number of hydrogen-bond acceptors (Lipinski definition) is 7. The number of benzene rings is 1. The van der Waals surface area contributed by atoms with E-state index in [4.69, 9.17) is 14.6 Å². The number of nitrogens with zero attached hydrogens (tertiary/aromatic N) is 4. The molecule has 3 aromatic heterocycles. The number of pyridine rings is 2. The molecule has 1 aromatic carbocycles. The third kappa shape index (κ3) is 3.53. The summed E-state index contributed by atoms with van der Waals surface area (Å²) in [5, 5.41) is 18.9. The quantitative estimate of drug-likeness (QED) is 0.439. The number of rotatable bonds is 2. The van der Waals surface area contributed by atoms with E-state index in [1.165, 1.54) is 12.2 Å². The molecule has 0 bridgehead atoms. The number of nitrogens with one attached hydrogen (secondary N) is 1. The summed E-state index contributed by atoms with van der Waals surface area (Å²) >= 11 is 0. The maximum atomic E-state index is 14.7. The number of hydrogen-bond donors (Lipinski definition) is 2. The van der Waals surface area contributed by atoms with E-state index in [9.17, 15) is 4.39 Å². The number of ether oxygens (including phenoxy) is 2. The molecule has 8 nitrogen and oxygen atoms in total. The second-order valence-corrected chi connectivity index (χ2v) is 7.89. The molecule has 2 aliphatic heterocycles. The van der Waals surface area contributed by atoms with Gasteiger partial charge in [-0.1, -0.05) is 19.4 Å². The predicted octanol–water partition coefficient (Wildman–Crippen LogP) is 3.92. The number of fused-ring (bicyclic) bond motifs is 3. The second kappa shape index (κ2) is 8.90. The Labute approximate surface area is 195 Å². The number of halogens is 1. The van der Waals surface area contributed by atoms with Crippen molar-refractivity contribution in [3.8, 4) is 35.2 Å². The first-order chi connectivity index (χ1) is 16.7. The Kier molecular flexibility index (Phi) is 5.64. The zero-order valence-electron chi connectivity index (χ0n) is 18.5. The van der Waals surface area contributed by atoms with Gasteiger partial charge in [-0.25, -0.2) is 4.39 Å². The molecule has 0 saturated heterocycles. The van der Waals surface area contributed by atoms with Gasteiger partial charge in [0.25, 0.3) is 0 Å². The van der Waals surface area contributed by atoms with E-state index in [0.29, 0.717) is 42.5 Å². The number of aromatic nitrogens is 4. The van der Waals surface area contributed by atoms with Gasteiger partial charge in [0.05, 0.1) is 19.1 Å². The van der Waals surface area contributed by atoms with Crippen molar-refractivity contribution in [1.82, 2.24) is 19.6 Å². The lowest BCUT2D eigenvalue weighted by Crippen LogP contribution is -2.13. The molecule has 172 valence electrons. The van der Waals surface area contributed by atoms with Crippen molar-refractivity contribution in [3.63, 3.8) is 0 Å². The summed E-state index contributed by atoms with van der Waals surface area (Å²) in [6.45, 7) is 3.25. The molecular formula is C25H22FN5O3. The van der Waals surface area contributed by atoms with Gasteiger partial charge in [-0.15, -0.1) is 10.2 Å². The topological polar surface area (TPSA) is 93.8 Å². The molecular weight excluding hydrogens is 437 g/mol. The van der Waals surface area contributed by atoms with Crippen LogP contribution >= 0.6 is 0 Å². The van der Waals surface area contributed by atoms with Gasteiger partial charge in [0, 0.05) is 40.7 Å². The highest BCUT2D eigenvalue weighted by atomic mass is 19.1. The van der Waals surface area contributed by atoms with Gasteiger partial charge in [-0.2, -0.15) is 0 Å². The summed E-state index contributed by atoms with van der Waals surface area (Å²) in [6.07, 6.45) is 9.64. The lowest BCUT2D eigenvalue weighted by molar-refractivity contribution is 0.249. The van der Waals surface area contributed by atoms with Crippen molar-refractivity contribution >= 4 is 11.5 Å². The highest BCUT2D eigenvalue weighted by Crippen LogP contribution is 2.42. The molecule has 2 aliphatic rings. The highest BCUT2D eigenvalue weighted by Gasteiger charge is 2.31. The van der Waals surface area contributed by atoms with Crippen LogP contribution in [0.1, 0.15) is 29.7 Å². The highest BCUT2D eigenvalue weighted by molar-refractivity contribution is 5.83. The molecule has 6 rings (SSSR count). The first-order valence-electron chi connectivity index (χ1n) is 10.9. The molecule has 0 aliphatic carbocycles. The first-order valence-corrected chi connectivity index (χ1v) is 10.9. The minimum atomic E-state index is -0.246. The summed E-state index contributed by atoms with van der Waals surface area (Å²) in [7, 11) is 0. The van der Waals surface area contributed by atoms with Gasteiger partial charge in [-0.3, -0.25) is 9.38 Å². The summed E-state index contributed by atoms with van der Waals surface area (Å²) in [5.74, 6) is 1.82. The van der Waals surface area contributed by atoms with E-state index < -0.39 is 0 Å². The summed E-state index contributed by atoms with van der Waals surface area (Å²) in [6, 6.07) is 9.09. The molecule has 9 heteroatoms. The van der Waals surface area contributed by atoms with Gasteiger partial charge < -0.3 is 19.9 Å². The molecule has 1 atom stereocenters. The normalized spacial score (nSPS) is 15.6. The molecule has 0 spiro atoms. The molecule has 34 heavy (non-hydrogen) atoms. The fraction of sp³-hybridized carbons (Fsp3) is 0.240. The van der Waals surface area contributed by atoms with Gasteiger partial charge in [0.15, 0.2) is 17.2 Å². The number of aliphatic hydroxyl groups is 1. The molecule has 4 aromatic rings. The Morgan fingerprint density at radius 1 is 1.24 bits per heavy atom. The van der Waals surface area contributed by atoms with Gasteiger partial charge in [0.2, 0.25) is 0 Å². The molecule has 2 N–H and O–H groups in total. The van der Waals surface area contributed by atoms with E-state index in [1.807, 2.05) is 22.6 Å². The van der Waals surface area contributed by atoms with E-state index in [2.05, 4.69) is 33.8 Å². The average molecular weight is 459 g/mol. The van der Waals surface area contributed by atoms with Gasteiger partial charge in [0.1, 0.15) is 24.0 Å². The fourth-order valence-corrected chi connectivity index (χ4v) is 4.55. The smallest absolute Gasteiger partial charge is 0.170 e. The van der Waals surface area contributed by atoms with Crippen LogP contribution in [0.4, 0.5) is 10.2 Å². The fourth-order valence-electron chi connectivity index (χ4n) is 4.55. The lowest BCUT2D eigenvalue weighted by Gasteiger charge is -2.17. The molecule has 0 saturated carbocycles. The van der Waals surface area contributed by atoms with Crippen LogP contribution in [0, 0.1) is 18.3 Å². The zero-order valence-corrected chi connectivity index (χ0v) is 18.5. The van der Waals surface area contributed by atoms with Crippen LogP contribution < -0.4 is 14.8 Å². The number of aryl methyl sites for hydroxylation is 1. The summed E-state index contributed by atoms with van der Waals surface area (Å²) < 4.78 is 28.7. The molecule has 0 amide bonds. The van der Waals surface area contributed by atoms with Crippen molar-refractivity contribution in [2.75, 3.05) is 18.5 Å². The van der Waals surface area contributed by atoms with Crippen LogP contribution in [-0.4, -0.2) is 37.9 Å². The van der Waals surface area contributed by atoms with Crippen LogP contribution in [0.2, 0.25) is 0 Å². The molecule has 0 unspecified atom stereocenters. The third-order valence-corrected chi connectivity index (χ3v) is 6.03. The van der Waals surface area contributed by atoms with Crippen LogP contribution in [0.5, 0.6) is 11.5 Å². The van der Waals surface area contributed by atoms with Crippen LogP contribution in [-0.2, 0) is 13.0 Å². The Morgan fingerprint density at radius 2 is 2.03 bits per heavy atom. The van der Waals surface area contributed by atoms with Crippen LogP contribution in [0.3, 0.4) is 0 Å². The maximum absolute atomic E-state index is 14.7. The van der Waals surface area contributed by atoms with Gasteiger partial charge >= 0.3 is 0 Å². The lowest BCUT2D eigenvalue weighted by atomic mass is 9.96. The van der Waals surface area contributed by atoms with Crippen molar-refractivity contribution in [2.24, 2.45) is 0 Å². The minimum Gasteiger partial charge on any atom is -0.493 e. The molecule has 0 fully saturated rings. The molecule has 5 heterocycles. The first kappa shape index (κ1) is 21.5. The van der Waals surface area contributed by atoms with Crippen molar-refractivity contribution in [3.05, 3.63) is 65.5 Å². The number of anilines is 1. The largest absolute Gasteiger partial charge is 0.493 e. The van der Waals surface area contributed by atoms with Crippen molar-refractivity contribution in [1.29, 1.82) is 0 Å². The van der Waals surface area contributed by atoms with E-state index in [1.54, 1.807) is 18.6 Å². The van der Waals surface area contributed by atoms with E-state index in [0.717, 1.165) is 34.6 Å². The Bertz CT molecular complexity index is 1410. The monoisotopic (exact) mass is 459 g/mol. The van der Waals surface area contributed by atoms with E-state index in [-0.39, 0.29) is 11.7 Å². The molecule has 0 radical (unpaired) electrons. The predicted molar refractivity (Wildman–Crippen MR) is 124 cm³/mol. The van der Waals surface area contributed by atoms with Crippen LogP contribution in [0.25, 0.3) is 16.8 Å². The zero-order chi connectivity index (χ0) is 23.7. The van der Waals surface area contributed by atoms with Crippen LogP contribution in [0.15, 0.2) is 42.9 Å². The maximum Gasteiger partial charge on any atom is 0.170 e. The van der Waals surface area contributed by atoms with Crippen molar-refractivity contribution < 1.29 is 19.0 Å². The number of aliphatic hydroxyl groups excluding tert-OH is 1. The SMILES string of the molecule is C#CO.CCc1ncccc1-c1cc2c(n3cnnc13)NCc1c(F)ccc3c1[C@H](CO3)CO2.